The van der Waals surface area contributed by atoms with Gasteiger partial charge >= 0.3 is 0 Å². The van der Waals surface area contributed by atoms with Crippen molar-refractivity contribution >= 4 is 11.6 Å². The van der Waals surface area contributed by atoms with Crippen LogP contribution in [0.5, 0.6) is 5.75 Å². The molecule has 2 heterocycles. The summed E-state index contributed by atoms with van der Waals surface area (Å²) in [7, 11) is 1.70. The highest BCUT2D eigenvalue weighted by atomic mass is 35.5. The van der Waals surface area contributed by atoms with E-state index < -0.39 is 0 Å². The monoisotopic (exact) mass is 449 g/mol. The first-order valence-corrected chi connectivity index (χ1v) is 11.7. The summed E-state index contributed by atoms with van der Waals surface area (Å²) in [6.45, 7) is 5.91. The second kappa shape index (κ2) is 10.5. The Morgan fingerprint density at radius 2 is 1.81 bits per heavy atom. The molecule has 4 nitrogen and oxygen atoms in total. The first-order chi connectivity index (χ1) is 15.5. The topological polar surface area (TPSA) is 37.4 Å². The van der Waals surface area contributed by atoms with Crippen LogP contribution in [-0.4, -0.2) is 35.6 Å². The summed E-state index contributed by atoms with van der Waals surface area (Å²) in [4.78, 5) is 7.01. The smallest absolute Gasteiger partial charge is 0.132 e. The third kappa shape index (κ3) is 5.89. The summed E-state index contributed by atoms with van der Waals surface area (Å²) in [5, 5.41) is 4.55. The number of nitrogens with one attached hydrogen (secondary N) is 1. The van der Waals surface area contributed by atoms with Gasteiger partial charge in [0.15, 0.2) is 0 Å². The van der Waals surface area contributed by atoms with Gasteiger partial charge in [0, 0.05) is 37.4 Å². The van der Waals surface area contributed by atoms with Crippen LogP contribution in [0.2, 0.25) is 5.15 Å². The van der Waals surface area contributed by atoms with Crippen LogP contribution in [0.1, 0.15) is 35.2 Å². The van der Waals surface area contributed by atoms with Gasteiger partial charge in [-0.3, -0.25) is 4.90 Å². The maximum atomic E-state index is 6.44. The number of nitrogens with zero attached hydrogens (tertiary/aromatic N) is 2. The molecule has 0 aliphatic carbocycles. The predicted molar refractivity (Wildman–Crippen MR) is 131 cm³/mol. The Bertz CT molecular complexity index is 1010. The number of aromatic nitrogens is 1. The first-order valence-electron chi connectivity index (χ1n) is 11.3. The minimum atomic E-state index is 0.0446. The number of hydrogen-bond acceptors (Lipinski definition) is 4. The molecule has 0 amide bonds. The van der Waals surface area contributed by atoms with Crippen LogP contribution in [0.4, 0.5) is 0 Å². The highest BCUT2D eigenvalue weighted by Gasteiger charge is 2.37. The van der Waals surface area contributed by atoms with E-state index in [1.54, 1.807) is 7.11 Å². The normalized spacial score (nSPS) is 18.7. The third-order valence-electron chi connectivity index (χ3n) is 6.45. The Hall–Kier alpha value is -2.40. The molecule has 1 atom stereocenters. The zero-order chi connectivity index (χ0) is 22.4. The van der Waals surface area contributed by atoms with Gasteiger partial charge in [-0.1, -0.05) is 60.1 Å². The van der Waals surface area contributed by atoms with Crippen molar-refractivity contribution in [2.45, 2.75) is 44.8 Å². The van der Waals surface area contributed by atoms with Crippen LogP contribution in [0.15, 0.2) is 66.7 Å². The molecule has 32 heavy (non-hydrogen) atoms. The molecule has 0 radical (unpaired) electrons. The van der Waals surface area contributed by atoms with E-state index in [1.807, 2.05) is 19.1 Å². The number of hydrogen-bond donors (Lipinski definition) is 1. The Morgan fingerprint density at radius 1 is 1.03 bits per heavy atom. The van der Waals surface area contributed by atoms with Crippen LogP contribution in [-0.2, 0) is 19.5 Å². The maximum absolute atomic E-state index is 6.44. The molecule has 1 unspecified atom stereocenters. The second-order valence-corrected chi connectivity index (χ2v) is 9.19. The van der Waals surface area contributed by atoms with Gasteiger partial charge in [-0.2, -0.15) is 0 Å². The van der Waals surface area contributed by atoms with E-state index in [1.165, 1.54) is 11.1 Å². The van der Waals surface area contributed by atoms with Crippen molar-refractivity contribution in [2.75, 3.05) is 20.2 Å². The van der Waals surface area contributed by atoms with E-state index in [0.29, 0.717) is 5.15 Å². The van der Waals surface area contributed by atoms with Crippen molar-refractivity contribution in [3.8, 4) is 5.75 Å². The number of methoxy groups -OCH3 is 1. The second-order valence-electron chi connectivity index (χ2n) is 8.83. The van der Waals surface area contributed by atoms with Crippen molar-refractivity contribution in [3.05, 3.63) is 94.3 Å². The van der Waals surface area contributed by atoms with E-state index in [9.17, 15) is 0 Å². The van der Waals surface area contributed by atoms with E-state index in [0.717, 1.165) is 62.4 Å². The summed E-state index contributed by atoms with van der Waals surface area (Å²) >= 11 is 6.44. The van der Waals surface area contributed by atoms with E-state index in [2.05, 4.69) is 69.8 Å². The number of aryl methyl sites for hydroxylation is 2. The molecule has 4 rings (SSSR count). The van der Waals surface area contributed by atoms with Gasteiger partial charge in [-0.15, -0.1) is 0 Å². The average molecular weight is 450 g/mol. The lowest BCUT2D eigenvalue weighted by molar-refractivity contribution is 0.261. The van der Waals surface area contributed by atoms with Crippen molar-refractivity contribution < 1.29 is 4.74 Å². The van der Waals surface area contributed by atoms with Gasteiger partial charge < -0.3 is 10.1 Å². The van der Waals surface area contributed by atoms with Gasteiger partial charge in [0.05, 0.1) is 7.11 Å². The molecule has 0 spiro atoms. The van der Waals surface area contributed by atoms with E-state index >= 15 is 0 Å². The molecule has 1 aromatic heterocycles. The minimum absolute atomic E-state index is 0.0446. The summed E-state index contributed by atoms with van der Waals surface area (Å²) in [5.74, 6) is 0.889. The fraction of sp³-hybridized carbons (Fsp3) is 0.370. The Kier molecular flexibility index (Phi) is 7.46. The molecule has 0 saturated carbocycles. The highest BCUT2D eigenvalue weighted by Crippen LogP contribution is 2.30. The zero-order valence-electron chi connectivity index (χ0n) is 19.0. The molecule has 2 aromatic carbocycles. The maximum Gasteiger partial charge on any atom is 0.132 e. The van der Waals surface area contributed by atoms with Crippen LogP contribution in [0.3, 0.4) is 0 Å². The zero-order valence-corrected chi connectivity index (χ0v) is 19.7. The van der Waals surface area contributed by atoms with Gasteiger partial charge in [0.2, 0.25) is 0 Å². The van der Waals surface area contributed by atoms with Crippen molar-refractivity contribution in [3.63, 3.8) is 0 Å². The molecule has 1 aliphatic rings. The van der Waals surface area contributed by atoms with Crippen LogP contribution >= 0.6 is 11.6 Å². The standard InChI is InChI=1S/C27H32ClN3O/c1-21-8-11-24(26(28)30-21)14-15-27(29-18-22-9-12-25(32-2)13-10-22)16-17-31(20-27)19-23-6-4-3-5-7-23/h3-13,29H,14-20H2,1-2H3. The third-order valence-corrected chi connectivity index (χ3v) is 6.77. The van der Waals surface area contributed by atoms with Crippen molar-refractivity contribution in [2.24, 2.45) is 0 Å². The van der Waals surface area contributed by atoms with Crippen LogP contribution < -0.4 is 10.1 Å². The molecule has 1 N–H and O–H groups in total. The molecular weight excluding hydrogens is 418 g/mol. The number of halogens is 1. The lowest BCUT2D eigenvalue weighted by Crippen LogP contribution is -2.47. The summed E-state index contributed by atoms with van der Waals surface area (Å²) < 4.78 is 5.30. The number of pyridine rings is 1. The largest absolute Gasteiger partial charge is 0.497 e. The number of ether oxygens (including phenoxy) is 1. The first kappa shape index (κ1) is 22.8. The van der Waals surface area contributed by atoms with Gasteiger partial charge in [0.1, 0.15) is 10.9 Å². The molecule has 1 saturated heterocycles. The fourth-order valence-corrected chi connectivity index (χ4v) is 4.81. The van der Waals surface area contributed by atoms with E-state index in [-0.39, 0.29) is 5.54 Å². The number of rotatable bonds is 9. The Balaban J connectivity index is 1.46. The molecule has 1 fully saturated rings. The summed E-state index contributed by atoms with van der Waals surface area (Å²) in [6, 6.07) is 23.2. The molecule has 5 heteroatoms. The van der Waals surface area contributed by atoms with Crippen molar-refractivity contribution in [1.82, 2.24) is 15.2 Å². The van der Waals surface area contributed by atoms with Gasteiger partial charge in [-0.25, -0.2) is 4.98 Å². The fourth-order valence-electron chi connectivity index (χ4n) is 4.52. The number of benzene rings is 2. The van der Waals surface area contributed by atoms with Gasteiger partial charge in [0.25, 0.3) is 0 Å². The van der Waals surface area contributed by atoms with Crippen LogP contribution in [0.25, 0.3) is 0 Å². The SMILES string of the molecule is COc1ccc(CNC2(CCc3ccc(C)nc3Cl)CCN(Cc3ccccc3)C2)cc1. The van der Waals surface area contributed by atoms with Crippen LogP contribution in [0, 0.1) is 6.92 Å². The Morgan fingerprint density at radius 3 is 2.53 bits per heavy atom. The summed E-state index contributed by atoms with van der Waals surface area (Å²) in [5.41, 5.74) is 4.76. The highest BCUT2D eigenvalue weighted by molar-refractivity contribution is 6.30. The summed E-state index contributed by atoms with van der Waals surface area (Å²) in [6.07, 6.45) is 3.06. The molecular formula is C27H32ClN3O. The Labute approximate surface area is 196 Å². The predicted octanol–water partition coefficient (Wildman–Crippen LogP) is 5.42. The number of likely N-dealkylation sites (tertiary alicyclic amines) is 1. The molecule has 1 aliphatic heterocycles. The molecule has 3 aromatic rings. The average Bonchev–Trinajstić information content (AvgIpc) is 3.21. The quantitative estimate of drug-likeness (QED) is 0.442. The molecule has 168 valence electrons. The van der Waals surface area contributed by atoms with Crippen molar-refractivity contribution in [1.29, 1.82) is 0 Å². The minimum Gasteiger partial charge on any atom is -0.497 e. The lowest BCUT2D eigenvalue weighted by atomic mass is 9.90. The molecule has 0 bridgehead atoms. The lowest BCUT2D eigenvalue weighted by Gasteiger charge is -2.32. The van der Waals surface area contributed by atoms with E-state index in [4.69, 9.17) is 16.3 Å². The van der Waals surface area contributed by atoms with Gasteiger partial charge in [-0.05, 0) is 61.1 Å².